The van der Waals surface area contributed by atoms with Crippen molar-refractivity contribution in [1.82, 2.24) is 0 Å². The highest BCUT2D eigenvalue weighted by Gasteiger charge is 2.22. The number of thioether (sulfide) groups is 1. The molecule has 2 rings (SSSR count). The van der Waals surface area contributed by atoms with Gasteiger partial charge in [0.1, 0.15) is 13.8 Å². The molecular weight excluding hydrogens is 328 g/mol. The van der Waals surface area contributed by atoms with E-state index in [0.717, 1.165) is 21.1 Å². The van der Waals surface area contributed by atoms with Gasteiger partial charge in [0.05, 0.1) is 28.2 Å². The third-order valence-electron chi connectivity index (χ3n) is 2.90. The Hall–Kier alpha value is -1.35. The van der Waals surface area contributed by atoms with Crippen LogP contribution in [0.15, 0.2) is 23.1 Å². The highest BCUT2D eigenvalue weighted by atomic mass is 32.2. The van der Waals surface area contributed by atoms with Gasteiger partial charge in [-0.15, -0.1) is 5.54 Å². The molecule has 0 atom stereocenters. The summed E-state index contributed by atoms with van der Waals surface area (Å²) in [5, 5.41) is 0. The van der Waals surface area contributed by atoms with Gasteiger partial charge in [-0.3, -0.25) is 4.79 Å². The molecule has 5 heteroatoms. The smallest absolute Gasteiger partial charge is 0.175 e. The molecule has 0 spiro atoms. The summed E-state index contributed by atoms with van der Waals surface area (Å²) in [6.07, 6.45) is 2.25. The molecule has 1 aromatic carbocycles. The third kappa shape index (κ3) is 4.57. The molecule has 2 nitrogen and oxygen atoms in total. The average Bonchev–Trinajstić information content (AvgIpc) is 2.74. The predicted octanol–water partition coefficient (Wildman–Crippen LogP) is 4.30. The van der Waals surface area contributed by atoms with E-state index >= 15 is 0 Å². The van der Waals surface area contributed by atoms with Gasteiger partial charge in [-0.2, -0.15) is 0 Å². The number of benzene rings is 1. The maximum absolute atomic E-state index is 11.8. The second-order valence-corrected chi connectivity index (χ2v) is 12.7. The van der Waals surface area contributed by atoms with E-state index in [1.807, 2.05) is 24.3 Å². The lowest BCUT2D eigenvalue weighted by Crippen LogP contribution is -2.16. The van der Waals surface area contributed by atoms with E-state index in [1.54, 1.807) is 7.11 Å². The molecule has 1 saturated heterocycles. The molecule has 0 amide bonds. The van der Waals surface area contributed by atoms with Crippen molar-refractivity contribution in [3.05, 3.63) is 34.2 Å². The Morgan fingerprint density at radius 1 is 1.36 bits per heavy atom. The predicted molar refractivity (Wildman–Crippen MR) is 101 cm³/mol. The van der Waals surface area contributed by atoms with Gasteiger partial charge in [0, 0.05) is 0 Å². The Labute approximate surface area is 142 Å². The van der Waals surface area contributed by atoms with E-state index in [4.69, 9.17) is 17.0 Å². The molecule has 114 valence electrons. The molecule has 1 heterocycles. The Morgan fingerprint density at radius 3 is 2.64 bits per heavy atom. The van der Waals surface area contributed by atoms with Crippen LogP contribution in [0.3, 0.4) is 0 Å². The van der Waals surface area contributed by atoms with E-state index in [1.165, 1.54) is 11.8 Å². The van der Waals surface area contributed by atoms with Crippen molar-refractivity contribution in [3.8, 4) is 17.2 Å². The minimum Gasteiger partial charge on any atom is -0.495 e. The fraction of sp³-hybridized carbons (Fsp3) is 0.294. The van der Waals surface area contributed by atoms with Crippen molar-refractivity contribution in [2.24, 2.45) is 0 Å². The molecule has 1 fully saturated rings. The van der Waals surface area contributed by atoms with Gasteiger partial charge in [0.2, 0.25) is 0 Å². The number of ether oxygens (including phenoxy) is 1. The van der Waals surface area contributed by atoms with E-state index in [-0.39, 0.29) is 5.78 Å². The third-order valence-corrected chi connectivity index (χ3v) is 5.10. The van der Waals surface area contributed by atoms with Crippen molar-refractivity contribution in [3.63, 3.8) is 0 Å². The van der Waals surface area contributed by atoms with Crippen LogP contribution in [0.2, 0.25) is 19.6 Å². The van der Waals surface area contributed by atoms with Crippen LogP contribution in [0.1, 0.15) is 17.5 Å². The number of carbonyl (C=O) groups is 1. The highest BCUT2D eigenvalue weighted by molar-refractivity contribution is 8.27. The van der Waals surface area contributed by atoms with Crippen LogP contribution in [-0.4, -0.2) is 25.2 Å². The number of allylic oxidation sites excluding steroid dienone is 1. The van der Waals surface area contributed by atoms with Crippen LogP contribution >= 0.6 is 24.0 Å². The van der Waals surface area contributed by atoms with Gasteiger partial charge in [0.15, 0.2) is 5.78 Å². The zero-order valence-electron chi connectivity index (χ0n) is 13.1. The Bertz CT molecular complexity index is 718. The summed E-state index contributed by atoms with van der Waals surface area (Å²) in [5.41, 5.74) is 5.15. The van der Waals surface area contributed by atoms with Crippen molar-refractivity contribution in [2.75, 3.05) is 7.11 Å². The van der Waals surface area contributed by atoms with E-state index < -0.39 is 8.07 Å². The normalized spacial score (nSPS) is 16.6. The average molecular weight is 347 g/mol. The number of thiocarbonyl (C=S) groups is 1. The topological polar surface area (TPSA) is 26.3 Å². The quantitative estimate of drug-likeness (QED) is 0.345. The van der Waals surface area contributed by atoms with Crippen LogP contribution in [0.4, 0.5) is 0 Å². The van der Waals surface area contributed by atoms with Crippen molar-refractivity contribution in [1.29, 1.82) is 0 Å². The SMILES string of the molecule is COc1ccc(/C=C2\SC(=S)CC2=O)cc1C#C[Si](C)(C)C. The van der Waals surface area contributed by atoms with Gasteiger partial charge in [0.25, 0.3) is 0 Å². The summed E-state index contributed by atoms with van der Waals surface area (Å²) in [6, 6.07) is 5.79. The van der Waals surface area contributed by atoms with Gasteiger partial charge in [-0.05, 0) is 23.8 Å². The van der Waals surface area contributed by atoms with Crippen molar-refractivity contribution < 1.29 is 9.53 Å². The Kier molecular flexibility index (Phi) is 5.27. The number of ketones is 1. The van der Waals surface area contributed by atoms with E-state index in [9.17, 15) is 4.79 Å². The molecule has 0 N–H and O–H groups in total. The second kappa shape index (κ2) is 6.82. The largest absolute Gasteiger partial charge is 0.495 e. The standard InChI is InChI=1S/C17H18O2S2Si/c1-19-15-6-5-12(9-13(15)7-8-22(2,3)4)10-16-14(18)11-17(20)21-16/h5-6,9-10H,11H2,1-4H3/b16-10-. The van der Waals surface area contributed by atoms with E-state index in [2.05, 4.69) is 31.1 Å². The van der Waals surface area contributed by atoms with Crippen LogP contribution < -0.4 is 4.74 Å². The zero-order chi connectivity index (χ0) is 16.3. The Balaban J connectivity index is 2.39. The first-order valence-electron chi connectivity index (χ1n) is 6.95. The number of Topliss-reactive ketones (excluding diaryl/α,β-unsaturated/α-hetero) is 1. The maximum Gasteiger partial charge on any atom is 0.175 e. The molecular formula is C17H18O2S2Si. The molecule has 1 aromatic rings. The van der Waals surface area contributed by atoms with Gasteiger partial charge in [-0.1, -0.05) is 55.6 Å². The summed E-state index contributed by atoms with van der Waals surface area (Å²) < 4.78 is 6.11. The molecule has 1 aliphatic rings. The van der Waals surface area contributed by atoms with Crippen LogP contribution in [0.25, 0.3) is 6.08 Å². The summed E-state index contributed by atoms with van der Waals surface area (Å²) in [7, 11) is 0.184. The summed E-state index contributed by atoms with van der Waals surface area (Å²) in [6.45, 7) is 6.60. The van der Waals surface area contributed by atoms with Gasteiger partial charge in [-0.25, -0.2) is 0 Å². The monoisotopic (exact) mass is 346 g/mol. The molecule has 0 bridgehead atoms. The Morgan fingerprint density at radius 2 is 2.09 bits per heavy atom. The first-order valence-corrected chi connectivity index (χ1v) is 11.7. The summed E-state index contributed by atoms with van der Waals surface area (Å²) in [5.74, 6) is 4.09. The lowest BCUT2D eigenvalue weighted by atomic mass is 10.1. The number of carbonyl (C=O) groups excluding carboxylic acids is 1. The summed E-state index contributed by atoms with van der Waals surface area (Å²) >= 11 is 6.49. The first kappa shape index (κ1) is 17.0. The second-order valence-electron chi connectivity index (χ2n) is 6.04. The van der Waals surface area contributed by atoms with E-state index in [0.29, 0.717) is 11.3 Å². The minimum atomic E-state index is -1.46. The molecule has 0 unspecified atom stereocenters. The van der Waals surface area contributed by atoms with Crippen molar-refractivity contribution >= 4 is 48.1 Å². The molecule has 22 heavy (non-hydrogen) atoms. The number of methoxy groups -OCH3 is 1. The van der Waals surface area contributed by atoms with Crippen LogP contribution in [0.5, 0.6) is 5.75 Å². The number of hydrogen-bond acceptors (Lipinski definition) is 4. The lowest BCUT2D eigenvalue weighted by Gasteiger charge is -2.07. The fourth-order valence-corrected chi connectivity index (χ4v) is 3.60. The maximum atomic E-state index is 11.8. The first-order chi connectivity index (χ1) is 10.3. The van der Waals surface area contributed by atoms with Crippen LogP contribution in [0, 0.1) is 11.5 Å². The van der Waals surface area contributed by atoms with Gasteiger partial charge < -0.3 is 4.74 Å². The van der Waals surface area contributed by atoms with Gasteiger partial charge >= 0.3 is 0 Å². The number of rotatable bonds is 2. The molecule has 0 aromatic heterocycles. The zero-order valence-corrected chi connectivity index (χ0v) is 15.8. The van der Waals surface area contributed by atoms with Crippen molar-refractivity contribution in [2.45, 2.75) is 26.1 Å². The minimum absolute atomic E-state index is 0.0977. The molecule has 0 radical (unpaired) electrons. The lowest BCUT2D eigenvalue weighted by molar-refractivity contribution is -0.113. The highest BCUT2D eigenvalue weighted by Crippen LogP contribution is 2.32. The summed E-state index contributed by atoms with van der Waals surface area (Å²) in [4.78, 5) is 12.5. The molecule has 1 aliphatic heterocycles. The molecule has 0 aliphatic carbocycles. The number of hydrogen-bond donors (Lipinski definition) is 0. The van der Waals surface area contributed by atoms with Crippen LogP contribution in [-0.2, 0) is 4.79 Å². The fourth-order valence-electron chi connectivity index (χ4n) is 1.86. The molecule has 0 saturated carbocycles.